The topological polar surface area (TPSA) is 74.6 Å². The van der Waals surface area contributed by atoms with E-state index in [9.17, 15) is 9.59 Å². The Morgan fingerprint density at radius 3 is 1.88 bits per heavy atom. The Kier molecular flexibility index (Phi) is 4.04. The molecular weight excluding hydrogens is 220 g/mol. The average molecular weight is 234 g/mol. The first-order chi connectivity index (χ1) is 7.91. The molecule has 0 aromatic heterocycles. The highest BCUT2D eigenvalue weighted by Crippen LogP contribution is 2.16. The van der Waals surface area contributed by atoms with Crippen LogP contribution in [0.15, 0.2) is 29.8 Å². The summed E-state index contributed by atoms with van der Waals surface area (Å²) in [6.07, 6.45) is 1.15. The second-order valence-corrected chi connectivity index (χ2v) is 3.99. The van der Waals surface area contributed by atoms with Crippen LogP contribution in [0.4, 0.5) is 0 Å². The third-order valence-electron chi connectivity index (χ3n) is 2.37. The number of rotatable bonds is 4. The van der Waals surface area contributed by atoms with Gasteiger partial charge >= 0.3 is 11.9 Å². The molecule has 0 aliphatic rings. The lowest BCUT2D eigenvalue weighted by Crippen LogP contribution is -2.10. The van der Waals surface area contributed by atoms with E-state index in [1.165, 1.54) is 0 Å². The van der Waals surface area contributed by atoms with E-state index in [2.05, 4.69) is 0 Å². The van der Waals surface area contributed by atoms with Crippen molar-refractivity contribution < 1.29 is 19.8 Å². The quantitative estimate of drug-likeness (QED) is 0.476. The maximum Gasteiger partial charge on any atom is 0.343 e. The molecule has 4 nitrogen and oxygen atoms in total. The molecule has 0 aliphatic carbocycles. The monoisotopic (exact) mass is 234 g/mol. The summed E-state index contributed by atoms with van der Waals surface area (Å²) in [6, 6.07) is 7.14. The highest BCUT2D eigenvalue weighted by molar-refractivity contribution is 6.16. The van der Waals surface area contributed by atoms with Crippen LogP contribution in [0.1, 0.15) is 30.9 Å². The zero-order valence-corrected chi connectivity index (χ0v) is 9.68. The number of hydrogen-bond acceptors (Lipinski definition) is 2. The lowest BCUT2D eigenvalue weighted by molar-refractivity contribution is -0.139. The highest BCUT2D eigenvalue weighted by atomic mass is 16.4. The summed E-state index contributed by atoms with van der Waals surface area (Å²) >= 11 is 0. The van der Waals surface area contributed by atoms with Crippen LogP contribution in [-0.2, 0) is 9.59 Å². The summed E-state index contributed by atoms with van der Waals surface area (Å²) in [6.45, 7) is 4.09. The standard InChI is InChI=1S/C13H14O4/c1-8(2)10-5-3-9(4-6-10)7-11(12(14)15)13(16)17/h3-8H,1-2H3,(H,14,15)(H,16,17). The van der Waals surface area contributed by atoms with Crippen LogP contribution < -0.4 is 0 Å². The number of carboxylic acid groups (broad SMARTS) is 2. The maximum absolute atomic E-state index is 10.7. The third-order valence-corrected chi connectivity index (χ3v) is 2.37. The van der Waals surface area contributed by atoms with Gasteiger partial charge < -0.3 is 10.2 Å². The Morgan fingerprint density at radius 2 is 1.53 bits per heavy atom. The number of benzene rings is 1. The molecule has 4 heteroatoms. The highest BCUT2D eigenvalue weighted by Gasteiger charge is 2.15. The van der Waals surface area contributed by atoms with Gasteiger partial charge in [-0.25, -0.2) is 9.59 Å². The van der Waals surface area contributed by atoms with Crippen LogP contribution >= 0.6 is 0 Å². The van der Waals surface area contributed by atoms with Crippen molar-refractivity contribution in [2.75, 3.05) is 0 Å². The largest absolute Gasteiger partial charge is 0.477 e. The van der Waals surface area contributed by atoms with E-state index in [-0.39, 0.29) is 0 Å². The molecule has 0 heterocycles. The smallest absolute Gasteiger partial charge is 0.343 e. The van der Waals surface area contributed by atoms with Crippen LogP contribution in [0.3, 0.4) is 0 Å². The molecule has 17 heavy (non-hydrogen) atoms. The van der Waals surface area contributed by atoms with Crippen molar-refractivity contribution in [2.24, 2.45) is 0 Å². The normalized spacial score (nSPS) is 10.1. The first kappa shape index (κ1) is 13.0. The van der Waals surface area contributed by atoms with Crippen molar-refractivity contribution in [2.45, 2.75) is 19.8 Å². The summed E-state index contributed by atoms with van der Waals surface area (Å²) in [7, 11) is 0. The molecule has 1 aromatic rings. The van der Waals surface area contributed by atoms with E-state index in [1.54, 1.807) is 12.1 Å². The van der Waals surface area contributed by atoms with Gasteiger partial charge in [-0.05, 0) is 23.1 Å². The average Bonchev–Trinajstić information content (AvgIpc) is 2.25. The Hall–Kier alpha value is -2.10. The van der Waals surface area contributed by atoms with Gasteiger partial charge in [0.25, 0.3) is 0 Å². The van der Waals surface area contributed by atoms with Gasteiger partial charge in [-0.3, -0.25) is 0 Å². The molecule has 0 spiro atoms. The maximum atomic E-state index is 10.7. The first-order valence-corrected chi connectivity index (χ1v) is 5.20. The minimum absolute atomic E-state index is 0.381. The van der Waals surface area contributed by atoms with Gasteiger partial charge in [0.05, 0.1) is 0 Å². The predicted molar refractivity (Wildman–Crippen MR) is 63.8 cm³/mol. The molecule has 0 saturated heterocycles. The SMILES string of the molecule is CC(C)c1ccc(C=C(C(=O)O)C(=O)O)cc1. The molecule has 0 radical (unpaired) electrons. The second-order valence-electron chi connectivity index (χ2n) is 3.99. The van der Waals surface area contributed by atoms with E-state index in [0.29, 0.717) is 11.5 Å². The van der Waals surface area contributed by atoms with E-state index in [1.807, 2.05) is 26.0 Å². The molecule has 1 aromatic carbocycles. The summed E-state index contributed by atoms with van der Waals surface area (Å²) in [5, 5.41) is 17.4. The Labute approximate surface area is 99.2 Å². The molecule has 0 bridgehead atoms. The number of aliphatic carboxylic acids is 2. The van der Waals surface area contributed by atoms with Gasteiger partial charge in [0.1, 0.15) is 5.57 Å². The van der Waals surface area contributed by atoms with Crippen molar-refractivity contribution in [1.29, 1.82) is 0 Å². The molecule has 0 amide bonds. The minimum atomic E-state index is -1.44. The van der Waals surface area contributed by atoms with E-state index < -0.39 is 17.5 Å². The second kappa shape index (κ2) is 5.30. The third kappa shape index (κ3) is 3.45. The molecule has 0 aliphatic heterocycles. The van der Waals surface area contributed by atoms with Crippen molar-refractivity contribution in [3.05, 3.63) is 41.0 Å². The van der Waals surface area contributed by atoms with Gasteiger partial charge in [-0.2, -0.15) is 0 Å². The first-order valence-electron chi connectivity index (χ1n) is 5.20. The molecule has 1 rings (SSSR count). The molecule has 2 N–H and O–H groups in total. The Bertz CT molecular complexity index is 439. The van der Waals surface area contributed by atoms with Crippen LogP contribution in [-0.4, -0.2) is 22.2 Å². The zero-order valence-electron chi connectivity index (χ0n) is 9.68. The molecule has 90 valence electrons. The number of hydrogen-bond donors (Lipinski definition) is 2. The van der Waals surface area contributed by atoms with Gasteiger partial charge in [0.15, 0.2) is 0 Å². The number of carboxylic acids is 2. The van der Waals surface area contributed by atoms with Gasteiger partial charge in [0.2, 0.25) is 0 Å². The van der Waals surface area contributed by atoms with Crippen molar-refractivity contribution in [3.63, 3.8) is 0 Å². The Morgan fingerprint density at radius 1 is 1.06 bits per heavy atom. The van der Waals surface area contributed by atoms with Crippen LogP contribution in [0.2, 0.25) is 0 Å². The predicted octanol–water partition coefficient (Wildman–Crippen LogP) is 2.36. The van der Waals surface area contributed by atoms with Gasteiger partial charge in [0, 0.05) is 0 Å². The van der Waals surface area contributed by atoms with Crippen molar-refractivity contribution in [3.8, 4) is 0 Å². The summed E-state index contributed by atoms with van der Waals surface area (Å²) in [4.78, 5) is 21.3. The number of carbonyl (C=O) groups is 2. The van der Waals surface area contributed by atoms with Gasteiger partial charge in [-0.15, -0.1) is 0 Å². The van der Waals surface area contributed by atoms with E-state index in [4.69, 9.17) is 10.2 Å². The van der Waals surface area contributed by atoms with Crippen LogP contribution in [0.5, 0.6) is 0 Å². The summed E-state index contributed by atoms with van der Waals surface area (Å²) in [5.41, 5.74) is 1.05. The lowest BCUT2D eigenvalue weighted by Gasteiger charge is -2.05. The Balaban J connectivity index is 3.05. The summed E-state index contributed by atoms with van der Waals surface area (Å²) < 4.78 is 0. The van der Waals surface area contributed by atoms with Crippen molar-refractivity contribution in [1.82, 2.24) is 0 Å². The zero-order chi connectivity index (χ0) is 13.0. The molecule has 0 unspecified atom stereocenters. The lowest BCUT2D eigenvalue weighted by atomic mass is 10.0. The van der Waals surface area contributed by atoms with Crippen LogP contribution in [0.25, 0.3) is 6.08 Å². The minimum Gasteiger partial charge on any atom is -0.477 e. The van der Waals surface area contributed by atoms with E-state index >= 15 is 0 Å². The van der Waals surface area contributed by atoms with Crippen LogP contribution in [0, 0.1) is 0 Å². The fraction of sp³-hybridized carbons (Fsp3) is 0.231. The molecule has 0 atom stereocenters. The molecule has 0 fully saturated rings. The summed E-state index contributed by atoms with van der Waals surface area (Å²) in [5.74, 6) is -2.50. The molecular formula is C13H14O4. The van der Waals surface area contributed by atoms with Gasteiger partial charge in [-0.1, -0.05) is 38.1 Å². The van der Waals surface area contributed by atoms with Crippen molar-refractivity contribution >= 4 is 18.0 Å². The molecule has 0 saturated carbocycles. The fourth-order valence-corrected chi connectivity index (χ4v) is 1.36. The van der Waals surface area contributed by atoms with E-state index in [0.717, 1.165) is 11.6 Å². The fourth-order valence-electron chi connectivity index (χ4n) is 1.36.